The Morgan fingerprint density at radius 1 is 1.19 bits per heavy atom. The smallest absolute Gasteiger partial charge is 0.119 e. The Labute approximate surface area is 96.3 Å². The number of benzene rings is 1. The van der Waals surface area contributed by atoms with Gasteiger partial charge in [-0.3, -0.25) is 0 Å². The molecule has 0 aromatic heterocycles. The Kier molecular flexibility index (Phi) is 6.56. The van der Waals surface area contributed by atoms with Crippen LogP contribution < -0.4 is 10.5 Å². The third-order valence-electron chi connectivity index (χ3n) is 1.97. The quantitative estimate of drug-likeness (QED) is 0.675. The second-order valence-electron chi connectivity index (χ2n) is 3.33. The first kappa shape index (κ1) is 13.0. The Balaban J connectivity index is 2.27. The summed E-state index contributed by atoms with van der Waals surface area (Å²) in [6, 6.07) is 7.83. The third kappa shape index (κ3) is 5.11. The van der Waals surface area contributed by atoms with Crippen molar-refractivity contribution in [1.82, 2.24) is 0 Å². The normalized spacial score (nSPS) is 10.4. The predicted molar refractivity (Wildman–Crippen MR) is 62.5 cm³/mol. The van der Waals surface area contributed by atoms with Gasteiger partial charge in [-0.2, -0.15) is 0 Å². The van der Waals surface area contributed by atoms with Gasteiger partial charge in [0.05, 0.1) is 19.8 Å². The molecule has 0 atom stereocenters. The van der Waals surface area contributed by atoms with E-state index in [0.29, 0.717) is 33.0 Å². The number of ether oxygens (including phenoxy) is 3. The standard InChI is InChI=1S/C12H19NO3/c1-14-10-11-3-2-4-12(9-11)16-8-7-15-6-5-13/h2-4,9H,5-8,10,13H2,1H3. The monoisotopic (exact) mass is 225 g/mol. The van der Waals surface area contributed by atoms with Gasteiger partial charge in [-0.15, -0.1) is 0 Å². The minimum Gasteiger partial charge on any atom is -0.491 e. The van der Waals surface area contributed by atoms with Crippen molar-refractivity contribution < 1.29 is 14.2 Å². The van der Waals surface area contributed by atoms with E-state index in [1.54, 1.807) is 7.11 Å². The molecular formula is C12H19NO3. The van der Waals surface area contributed by atoms with E-state index in [0.717, 1.165) is 11.3 Å². The minimum atomic E-state index is 0.538. The zero-order valence-corrected chi connectivity index (χ0v) is 9.65. The number of rotatable bonds is 8. The maximum Gasteiger partial charge on any atom is 0.119 e. The summed E-state index contributed by atoms with van der Waals surface area (Å²) in [5.41, 5.74) is 6.40. The Morgan fingerprint density at radius 2 is 2.06 bits per heavy atom. The van der Waals surface area contributed by atoms with E-state index in [1.807, 2.05) is 24.3 Å². The molecule has 0 aliphatic heterocycles. The van der Waals surface area contributed by atoms with Crippen LogP contribution in [0.5, 0.6) is 5.75 Å². The molecule has 16 heavy (non-hydrogen) atoms. The molecular weight excluding hydrogens is 206 g/mol. The summed E-state index contributed by atoms with van der Waals surface area (Å²) in [7, 11) is 1.67. The average molecular weight is 225 g/mol. The molecule has 0 heterocycles. The molecule has 4 heteroatoms. The second-order valence-corrected chi connectivity index (χ2v) is 3.33. The van der Waals surface area contributed by atoms with Crippen molar-refractivity contribution in [2.24, 2.45) is 5.73 Å². The summed E-state index contributed by atoms with van der Waals surface area (Å²) in [6.45, 7) is 2.82. The first-order chi connectivity index (χ1) is 7.86. The van der Waals surface area contributed by atoms with E-state index in [1.165, 1.54) is 0 Å². The summed E-state index contributed by atoms with van der Waals surface area (Å²) < 4.78 is 15.8. The van der Waals surface area contributed by atoms with Gasteiger partial charge in [0.1, 0.15) is 12.4 Å². The molecule has 90 valence electrons. The second kappa shape index (κ2) is 8.10. The van der Waals surface area contributed by atoms with E-state index >= 15 is 0 Å². The van der Waals surface area contributed by atoms with Gasteiger partial charge in [-0.1, -0.05) is 12.1 Å². The summed E-state index contributed by atoms with van der Waals surface area (Å²) in [5.74, 6) is 0.839. The van der Waals surface area contributed by atoms with Crippen LogP contribution >= 0.6 is 0 Å². The lowest BCUT2D eigenvalue weighted by Gasteiger charge is -2.08. The van der Waals surface area contributed by atoms with E-state index < -0.39 is 0 Å². The largest absolute Gasteiger partial charge is 0.491 e. The molecule has 0 bridgehead atoms. The molecule has 0 aliphatic rings. The van der Waals surface area contributed by atoms with Crippen LogP contribution in [0.25, 0.3) is 0 Å². The molecule has 4 nitrogen and oxygen atoms in total. The summed E-state index contributed by atoms with van der Waals surface area (Å²) in [4.78, 5) is 0. The van der Waals surface area contributed by atoms with E-state index in [2.05, 4.69) is 0 Å². The maximum atomic E-state index is 5.52. The van der Waals surface area contributed by atoms with Gasteiger partial charge in [-0.25, -0.2) is 0 Å². The van der Waals surface area contributed by atoms with Crippen molar-refractivity contribution in [3.05, 3.63) is 29.8 Å². The van der Waals surface area contributed by atoms with Crippen molar-refractivity contribution >= 4 is 0 Å². The highest BCUT2D eigenvalue weighted by molar-refractivity contribution is 5.28. The molecule has 0 radical (unpaired) electrons. The molecule has 0 amide bonds. The zero-order valence-electron chi connectivity index (χ0n) is 9.65. The van der Waals surface area contributed by atoms with Crippen LogP contribution in [0.15, 0.2) is 24.3 Å². The number of nitrogens with two attached hydrogens (primary N) is 1. The highest BCUT2D eigenvalue weighted by Crippen LogP contribution is 2.13. The van der Waals surface area contributed by atoms with Gasteiger partial charge < -0.3 is 19.9 Å². The first-order valence-electron chi connectivity index (χ1n) is 5.35. The zero-order chi connectivity index (χ0) is 11.6. The van der Waals surface area contributed by atoms with Crippen molar-refractivity contribution in [3.63, 3.8) is 0 Å². The fraction of sp³-hybridized carbons (Fsp3) is 0.500. The van der Waals surface area contributed by atoms with Crippen LogP contribution in [-0.4, -0.2) is 33.5 Å². The molecule has 0 saturated carbocycles. The van der Waals surface area contributed by atoms with Gasteiger partial charge in [-0.05, 0) is 17.7 Å². The third-order valence-corrected chi connectivity index (χ3v) is 1.97. The molecule has 2 N–H and O–H groups in total. The molecule has 1 rings (SSSR count). The first-order valence-corrected chi connectivity index (χ1v) is 5.35. The molecule has 1 aromatic rings. The lowest BCUT2D eigenvalue weighted by Crippen LogP contribution is -2.13. The Bertz CT molecular complexity index is 291. The van der Waals surface area contributed by atoms with E-state index in [-0.39, 0.29) is 0 Å². The summed E-state index contributed by atoms with van der Waals surface area (Å²) in [5, 5.41) is 0. The Morgan fingerprint density at radius 3 is 2.81 bits per heavy atom. The Hall–Kier alpha value is -1.10. The number of methoxy groups -OCH3 is 1. The number of hydrogen-bond donors (Lipinski definition) is 1. The minimum absolute atomic E-state index is 0.538. The van der Waals surface area contributed by atoms with Gasteiger partial charge in [0.15, 0.2) is 0 Å². The van der Waals surface area contributed by atoms with Crippen LogP contribution in [0.3, 0.4) is 0 Å². The molecule has 1 aromatic carbocycles. The van der Waals surface area contributed by atoms with Crippen LogP contribution in [-0.2, 0) is 16.1 Å². The molecule has 0 fully saturated rings. The van der Waals surface area contributed by atoms with E-state index in [9.17, 15) is 0 Å². The van der Waals surface area contributed by atoms with Crippen LogP contribution in [0, 0.1) is 0 Å². The highest BCUT2D eigenvalue weighted by Gasteiger charge is 1.96. The van der Waals surface area contributed by atoms with Crippen LogP contribution in [0.2, 0.25) is 0 Å². The summed E-state index contributed by atoms with van der Waals surface area (Å²) >= 11 is 0. The average Bonchev–Trinajstić information content (AvgIpc) is 2.30. The SMILES string of the molecule is COCc1cccc(OCCOCCN)c1. The van der Waals surface area contributed by atoms with Crippen LogP contribution in [0.1, 0.15) is 5.56 Å². The predicted octanol–water partition coefficient (Wildman–Crippen LogP) is 1.19. The summed E-state index contributed by atoms with van der Waals surface area (Å²) in [6.07, 6.45) is 0. The fourth-order valence-corrected chi connectivity index (χ4v) is 1.30. The lowest BCUT2D eigenvalue weighted by atomic mass is 10.2. The van der Waals surface area contributed by atoms with Crippen molar-refractivity contribution in [1.29, 1.82) is 0 Å². The molecule has 0 unspecified atom stereocenters. The number of hydrogen-bond acceptors (Lipinski definition) is 4. The highest BCUT2D eigenvalue weighted by atomic mass is 16.5. The maximum absolute atomic E-state index is 5.52. The molecule has 0 saturated heterocycles. The van der Waals surface area contributed by atoms with Crippen molar-refractivity contribution in [3.8, 4) is 5.75 Å². The van der Waals surface area contributed by atoms with Crippen molar-refractivity contribution in [2.45, 2.75) is 6.61 Å². The van der Waals surface area contributed by atoms with Crippen LogP contribution in [0.4, 0.5) is 0 Å². The topological polar surface area (TPSA) is 53.7 Å². The molecule has 0 spiro atoms. The fourth-order valence-electron chi connectivity index (χ4n) is 1.30. The molecule has 0 aliphatic carbocycles. The van der Waals surface area contributed by atoms with Gasteiger partial charge in [0, 0.05) is 13.7 Å². The lowest BCUT2D eigenvalue weighted by molar-refractivity contribution is 0.106. The van der Waals surface area contributed by atoms with Gasteiger partial charge in [0.25, 0.3) is 0 Å². The van der Waals surface area contributed by atoms with Gasteiger partial charge in [0.2, 0.25) is 0 Å². The van der Waals surface area contributed by atoms with E-state index in [4.69, 9.17) is 19.9 Å². The van der Waals surface area contributed by atoms with Crippen molar-refractivity contribution in [2.75, 3.05) is 33.5 Å². The van der Waals surface area contributed by atoms with Gasteiger partial charge >= 0.3 is 0 Å².